The van der Waals surface area contributed by atoms with Crippen molar-refractivity contribution < 1.29 is 4.74 Å². The number of ether oxygens (including phenoxy) is 1. The predicted molar refractivity (Wildman–Crippen MR) is 134 cm³/mol. The fourth-order valence-corrected chi connectivity index (χ4v) is 5.02. The Kier molecular flexibility index (Phi) is 5.71. The van der Waals surface area contributed by atoms with Crippen LogP contribution in [0.15, 0.2) is 78.9 Å². The van der Waals surface area contributed by atoms with Crippen LogP contribution >= 0.6 is 0 Å². The Bertz CT molecular complexity index is 1230. The highest BCUT2D eigenvalue weighted by Crippen LogP contribution is 2.41. The van der Waals surface area contributed by atoms with Gasteiger partial charge >= 0.3 is 0 Å². The molecule has 0 amide bonds. The van der Waals surface area contributed by atoms with Gasteiger partial charge in [0, 0.05) is 24.6 Å². The average molecular weight is 422 g/mol. The Morgan fingerprint density at radius 3 is 2.41 bits per heavy atom. The number of hydrogen-bond donors (Lipinski definition) is 1. The minimum absolute atomic E-state index is 0.145. The molecule has 0 aromatic heterocycles. The number of hydrogen-bond acceptors (Lipinski definition) is 2. The molecular formula is C30H31NO. The van der Waals surface area contributed by atoms with Crippen molar-refractivity contribution >= 4 is 10.8 Å². The lowest BCUT2D eigenvalue weighted by atomic mass is 9.82. The van der Waals surface area contributed by atoms with Crippen molar-refractivity contribution in [3.8, 4) is 5.75 Å². The second kappa shape index (κ2) is 8.80. The summed E-state index contributed by atoms with van der Waals surface area (Å²) in [6.45, 7) is 8.33. The van der Waals surface area contributed by atoms with Gasteiger partial charge < -0.3 is 10.1 Å². The quantitative estimate of drug-likeness (QED) is 0.381. The van der Waals surface area contributed by atoms with E-state index in [1.807, 2.05) is 0 Å². The molecule has 1 aliphatic rings. The maximum absolute atomic E-state index is 6.43. The molecule has 1 aliphatic heterocycles. The van der Waals surface area contributed by atoms with E-state index in [1.54, 1.807) is 0 Å². The molecule has 32 heavy (non-hydrogen) atoms. The predicted octanol–water partition coefficient (Wildman–Crippen LogP) is 6.84. The van der Waals surface area contributed by atoms with Crippen molar-refractivity contribution in [3.63, 3.8) is 0 Å². The lowest BCUT2D eigenvalue weighted by Gasteiger charge is -2.33. The van der Waals surface area contributed by atoms with Crippen LogP contribution in [0.4, 0.5) is 0 Å². The van der Waals surface area contributed by atoms with Crippen LogP contribution in [0.2, 0.25) is 0 Å². The van der Waals surface area contributed by atoms with E-state index in [-0.39, 0.29) is 6.10 Å². The lowest BCUT2D eigenvalue weighted by Crippen LogP contribution is -2.35. The average Bonchev–Trinajstić information content (AvgIpc) is 2.82. The summed E-state index contributed by atoms with van der Waals surface area (Å²) in [6.07, 6.45) is 1.13. The van der Waals surface area contributed by atoms with E-state index in [0.717, 1.165) is 25.3 Å². The first-order valence-electron chi connectivity index (χ1n) is 11.6. The van der Waals surface area contributed by atoms with Crippen LogP contribution in [0.3, 0.4) is 0 Å². The molecule has 162 valence electrons. The van der Waals surface area contributed by atoms with E-state index in [1.165, 1.54) is 44.2 Å². The molecular weight excluding hydrogens is 390 g/mol. The molecule has 2 unspecified atom stereocenters. The topological polar surface area (TPSA) is 21.3 Å². The van der Waals surface area contributed by atoms with Gasteiger partial charge in [0.05, 0.1) is 0 Å². The van der Waals surface area contributed by atoms with Crippen molar-refractivity contribution in [1.29, 1.82) is 0 Å². The second-order valence-corrected chi connectivity index (χ2v) is 9.11. The Balaban J connectivity index is 1.36. The van der Waals surface area contributed by atoms with E-state index in [0.29, 0.717) is 5.92 Å². The minimum atomic E-state index is 0.145. The summed E-state index contributed by atoms with van der Waals surface area (Å²) in [5, 5.41) is 6.29. The molecule has 2 heteroatoms. The molecule has 0 saturated heterocycles. The summed E-state index contributed by atoms with van der Waals surface area (Å²) < 4.78 is 6.43. The number of aryl methyl sites for hydroxylation is 2. The van der Waals surface area contributed by atoms with Gasteiger partial charge in [-0.2, -0.15) is 0 Å². The van der Waals surface area contributed by atoms with Gasteiger partial charge in [0.1, 0.15) is 11.9 Å². The maximum atomic E-state index is 6.43. The molecule has 0 aliphatic carbocycles. The lowest BCUT2D eigenvalue weighted by molar-refractivity contribution is 0.162. The Morgan fingerprint density at radius 1 is 0.844 bits per heavy atom. The fraction of sp³-hybridized carbons (Fsp3) is 0.267. The normalized spacial score (nSPS) is 17.7. The van der Waals surface area contributed by atoms with Crippen LogP contribution in [0.5, 0.6) is 5.75 Å². The van der Waals surface area contributed by atoms with Crippen LogP contribution in [0.25, 0.3) is 10.8 Å². The van der Waals surface area contributed by atoms with Crippen molar-refractivity contribution in [2.24, 2.45) is 0 Å². The van der Waals surface area contributed by atoms with Gasteiger partial charge in [0.15, 0.2) is 0 Å². The second-order valence-electron chi connectivity index (χ2n) is 9.11. The number of nitrogens with one attached hydrogen (secondary N) is 1. The third-order valence-electron chi connectivity index (χ3n) is 7.01. The van der Waals surface area contributed by atoms with Gasteiger partial charge in [-0.1, -0.05) is 72.8 Å². The van der Waals surface area contributed by atoms with Crippen LogP contribution < -0.4 is 10.1 Å². The van der Waals surface area contributed by atoms with Gasteiger partial charge in [-0.05, 0) is 71.8 Å². The Labute approximate surface area is 191 Å². The highest BCUT2D eigenvalue weighted by molar-refractivity contribution is 5.85. The van der Waals surface area contributed by atoms with E-state index in [9.17, 15) is 0 Å². The van der Waals surface area contributed by atoms with E-state index < -0.39 is 0 Å². The molecule has 0 saturated carbocycles. The highest BCUT2D eigenvalue weighted by atomic mass is 16.5. The molecule has 2 nitrogen and oxygen atoms in total. The van der Waals surface area contributed by atoms with Gasteiger partial charge in [-0.15, -0.1) is 0 Å². The molecule has 1 N–H and O–H groups in total. The van der Waals surface area contributed by atoms with E-state index in [2.05, 4.69) is 105 Å². The van der Waals surface area contributed by atoms with Gasteiger partial charge in [-0.3, -0.25) is 0 Å². The molecule has 5 rings (SSSR count). The van der Waals surface area contributed by atoms with Crippen molar-refractivity contribution in [2.45, 2.75) is 45.8 Å². The Hall–Kier alpha value is -3.10. The SMILES string of the molecule is Cc1cc(C2CC(CNCc3cccc4ccccc34)Oc3ccccc32)cc(C)c1C. The van der Waals surface area contributed by atoms with Crippen molar-refractivity contribution in [3.05, 3.63) is 112 Å². The third kappa shape index (κ3) is 4.03. The molecule has 0 fully saturated rings. The minimum Gasteiger partial charge on any atom is -0.489 e. The Morgan fingerprint density at radius 2 is 1.56 bits per heavy atom. The molecule has 0 radical (unpaired) electrons. The van der Waals surface area contributed by atoms with Crippen LogP contribution in [0.1, 0.15) is 45.7 Å². The zero-order valence-corrected chi connectivity index (χ0v) is 19.2. The van der Waals surface area contributed by atoms with Gasteiger partial charge in [0.25, 0.3) is 0 Å². The third-order valence-corrected chi connectivity index (χ3v) is 7.01. The summed E-state index contributed by atoms with van der Waals surface area (Å²) in [6, 6.07) is 28.4. The van der Waals surface area contributed by atoms with Gasteiger partial charge in [-0.25, -0.2) is 0 Å². The van der Waals surface area contributed by atoms with Crippen LogP contribution in [-0.4, -0.2) is 12.6 Å². The van der Waals surface area contributed by atoms with Crippen LogP contribution in [0, 0.1) is 20.8 Å². The van der Waals surface area contributed by atoms with E-state index in [4.69, 9.17) is 4.74 Å². The summed E-state index contributed by atoms with van der Waals surface area (Å²) in [5.41, 5.74) is 8.17. The zero-order chi connectivity index (χ0) is 22.1. The summed E-state index contributed by atoms with van der Waals surface area (Å²) in [4.78, 5) is 0. The molecule has 1 heterocycles. The smallest absolute Gasteiger partial charge is 0.123 e. The summed E-state index contributed by atoms with van der Waals surface area (Å²) >= 11 is 0. The van der Waals surface area contributed by atoms with Gasteiger partial charge in [0.2, 0.25) is 0 Å². The summed E-state index contributed by atoms with van der Waals surface area (Å²) in [5.74, 6) is 1.39. The number of para-hydroxylation sites is 1. The monoisotopic (exact) mass is 421 g/mol. The first kappa shape index (κ1) is 20.8. The number of fused-ring (bicyclic) bond motifs is 2. The number of rotatable bonds is 5. The highest BCUT2D eigenvalue weighted by Gasteiger charge is 2.29. The van der Waals surface area contributed by atoms with E-state index >= 15 is 0 Å². The van der Waals surface area contributed by atoms with Crippen molar-refractivity contribution in [1.82, 2.24) is 5.32 Å². The summed E-state index contributed by atoms with van der Waals surface area (Å²) in [7, 11) is 0. The molecule has 2 atom stereocenters. The van der Waals surface area contributed by atoms with Crippen LogP contribution in [-0.2, 0) is 6.54 Å². The number of benzene rings is 4. The largest absolute Gasteiger partial charge is 0.489 e. The standard InChI is InChI=1S/C30H31NO/c1-20-15-25(16-21(2)22(20)3)29-17-26(32-30-14-7-6-13-28(29)30)19-31-18-24-11-8-10-23-9-4-5-12-27(23)24/h4-16,26,29,31H,17-19H2,1-3H3. The molecule has 0 spiro atoms. The first-order valence-corrected chi connectivity index (χ1v) is 11.6. The zero-order valence-electron chi connectivity index (χ0n) is 19.2. The molecule has 4 aromatic rings. The van der Waals surface area contributed by atoms with Crippen molar-refractivity contribution in [2.75, 3.05) is 6.54 Å². The maximum Gasteiger partial charge on any atom is 0.123 e. The first-order chi connectivity index (χ1) is 15.6. The molecule has 4 aromatic carbocycles. The fourth-order valence-electron chi connectivity index (χ4n) is 5.02. The molecule has 0 bridgehead atoms.